The molecule has 0 bridgehead atoms. The van der Waals surface area contributed by atoms with Gasteiger partial charge in [-0.1, -0.05) is 12.1 Å². The van der Waals surface area contributed by atoms with Crippen LogP contribution in [0.25, 0.3) is 0 Å². The lowest BCUT2D eigenvalue weighted by Crippen LogP contribution is -2.41. The van der Waals surface area contributed by atoms with Gasteiger partial charge < -0.3 is 15.0 Å². The minimum Gasteiger partial charge on any atom is -0.444 e. The monoisotopic (exact) mass is 308 g/mol. The third-order valence-electron chi connectivity index (χ3n) is 3.30. The summed E-state index contributed by atoms with van der Waals surface area (Å²) in [5, 5.41) is 2.74. The van der Waals surface area contributed by atoms with E-state index in [1.54, 1.807) is 37.8 Å². The lowest BCUT2D eigenvalue weighted by molar-refractivity contribution is 0.0502. The van der Waals surface area contributed by atoms with Crippen molar-refractivity contribution >= 4 is 12.0 Å². The minimum absolute atomic E-state index is 0.0559. The van der Waals surface area contributed by atoms with Crippen LogP contribution in [0.5, 0.6) is 0 Å². The summed E-state index contributed by atoms with van der Waals surface area (Å²) in [5.41, 5.74) is -0.508. The van der Waals surface area contributed by atoms with Crippen LogP contribution in [0.3, 0.4) is 0 Å². The number of hydrogen-bond donors (Lipinski definition) is 1. The number of carbonyl (C=O) groups is 2. The summed E-state index contributed by atoms with van der Waals surface area (Å²) in [6.07, 6.45) is 0.122. The number of nitrogens with one attached hydrogen (secondary N) is 1. The maximum atomic E-state index is 13.6. The Morgan fingerprint density at radius 1 is 1.32 bits per heavy atom. The number of alkyl carbamates (subject to hydrolysis) is 1. The molecule has 2 rings (SSSR count). The summed E-state index contributed by atoms with van der Waals surface area (Å²) in [6.45, 7) is 6.19. The molecule has 1 aromatic rings. The van der Waals surface area contributed by atoms with E-state index in [1.165, 1.54) is 12.1 Å². The van der Waals surface area contributed by atoms with E-state index in [-0.39, 0.29) is 17.5 Å². The van der Waals surface area contributed by atoms with Crippen molar-refractivity contribution in [3.05, 3.63) is 35.6 Å². The standard InChI is InChI=1S/C16H21FN2O3/c1-16(2,3)22-15(21)18-11-8-9-19(10-11)14(20)12-6-4-5-7-13(12)17/h4-7,11H,8-10H2,1-3H3,(H,18,21). The molecule has 2 amide bonds. The second-order valence-electron chi connectivity index (χ2n) is 6.36. The van der Waals surface area contributed by atoms with Gasteiger partial charge in [-0.15, -0.1) is 0 Å². The van der Waals surface area contributed by atoms with Gasteiger partial charge in [0.15, 0.2) is 0 Å². The number of rotatable bonds is 2. The average Bonchev–Trinajstić information content (AvgIpc) is 2.84. The predicted octanol–water partition coefficient (Wildman–Crippen LogP) is 2.56. The first kappa shape index (κ1) is 16.3. The molecule has 1 unspecified atom stereocenters. The highest BCUT2D eigenvalue weighted by Crippen LogP contribution is 2.16. The molecule has 1 fully saturated rings. The number of hydrogen-bond acceptors (Lipinski definition) is 3. The van der Waals surface area contributed by atoms with Crippen molar-refractivity contribution in [3.63, 3.8) is 0 Å². The Hall–Kier alpha value is -2.11. The quantitative estimate of drug-likeness (QED) is 0.913. The molecule has 0 aromatic heterocycles. The average molecular weight is 308 g/mol. The molecule has 5 nitrogen and oxygen atoms in total. The van der Waals surface area contributed by atoms with Gasteiger partial charge in [0.1, 0.15) is 11.4 Å². The van der Waals surface area contributed by atoms with Gasteiger partial charge in [-0.05, 0) is 39.3 Å². The van der Waals surface area contributed by atoms with E-state index in [4.69, 9.17) is 4.74 Å². The summed E-state index contributed by atoms with van der Waals surface area (Å²) < 4.78 is 18.8. The van der Waals surface area contributed by atoms with Crippen molar-refractivity contribution in [1.29, 1.82) is 0 Å². The Labute approximate surface area is 129 Å². The van der Waals surface area contributed by atoms with Crippen LogP contribution in [0.15, 0.2) is 24.3 Å². The van der Waals surface area contributed by atoms with Crippen LogP contribution < -0.4 is 5.32 Å². The minimum atomic E-state index is -0.564. The molecule has 6 heteroatoms. The number of nitrogens with zero attached hydrogens (tertiary/aromatic N) is 1. The third kappa shape index (κ3) is 4.19. The highest BCUT2D eigenvalue weighted by Gasteiger charge is 2.30. The molecule has 0 saturated carbocycles. The molecular weight excluding hydrogens is 287 g/mol. The maximum Gasteiger partial charge on any atom is 0.407 e. The highest BCUT2D eigenvalue weighted by molar-refractivity contribution is 5.94. The summed E-state index contributed by atoms with van der Waals surface area (Å²) in [4.78, 5) is 25.5. The molecule has 1 aromatic carbocycles. The lowest BCUT2D eigenvalue weighted by atomic mass is 10.2. The largest absolute Gasteiger partial charge is 0.444 e. The maximum absolute atomic E-state index is 13.6. The van der Waals surface area contributed by atoms with Crippen molar-refractivity contribution < 1.29 is 18.7 Å². The summed E-state index contributed by atoms with van der Waals surface area (Å²) in [7, 11) is 0. The van der Waals surface area contributed by atoms with Crippen molar-refractivity contribution in [2.75, 3.05) is 13.1 Å². The highest BCUT2D eigenvalue weighted by atomic mass is 19.1. The zero-order valence-corrected chi connectivity index (χ0v) is 13.1. The summed E-state index contributed by atoms with van der Waals surface area (Å²) in [6, 6.07) is 5.73. The van der Waals surface area contributed by atoms with Gasteiger partial charge in [-0.25, -0.2) is 9.18 Å². The number of carbonyl (C=O) groups excluding carboxylic acids is 2. The van der Waals surface area contributed by atoms with E-state index in [9.17, 15) is 14.0 Å². The second-order valence-corrected chi connectivity index (χ2v) is 6.36. The van der Waals surface area contributed by atoms with Crippen LogP contribution in [0, 0.1) is 5.82 Å². The van der Waals surface area contributed by atoms with Gasteiger partial charge in [0.25, 0.3) is 5.91 Å². The molecule has 1 aliphatic rings. The zero-order chi connectivity index (χ0) is 16.3. The molecule has 1 heterocycles. The lowest BCUT2D eigenvalue weighted by Gasteiger charge is -2.22. The fraction of sp³-hybridized carbons (Fsp3) is 0.500. The summed E-state index contributed by atoms with van der Waals surface area (Å²) >= 11 is 0. The van der Waals surface area contributed by atoms with Crippen molar-refractivity contribution in [1.82, 2.24) is 10.2 Å². The Balaban J connectivity index is 1.92. The molecule has 1 aliphatic heterocycles. The predicted molar refractivity (Wildman–Crippen MR) is 80.1 cm³/mol. The van der Waals surface area contributed by atoms with Crippen LogP contribution in [-0.4, -0.2) is 41.6 Å². The van der Waals surface area contributed by atoms with Crippen molar-refractivity contribution in [2.24, 2.45) is 0 Å². The van der Waals surface area contributed by atoms with Crippen molar-refractivity contribution in [2.45, 2.75) is 38.8 Å². The van der Waals surface area contributed by atoms with Crippen LogP contribution in [-0.2, 0) is 4.74 Å². The first-order valence-corrected chi connectivity index (χ1v) is 7.29. The van der Waals surface area contributed by atoms with E-state index in [1.807, 2.05) is 0 Å². The van der Waals surface area contributed by atoms with Gasteiger partial charge in [0.2, 0.25) is 0 Å². The van der Waals surface area contributed by atoms with Crippen LogP contribution in [0.1, 0.15) is 37.6 Å². The van der Waals surface area contributed by atoms with E-state index in [0.717, 1.165) is 0 Å². The number of halogens is 1. The Morgan fingerprint density at radius 2 is 2.00 bits per heavy atom. The molecule has 0 spiro atoms. The SMILES string of the molecule is CC(C)(C)OC(=O)NC1CCN(C(=O)c2ccccc2F)C1. The number of ether oxygens (including phenoxy) is 1. The smallest absolute Gasteiger partial charge is 0.407 e. The van der Waals surface area contributed by atoms with Gasteiger partial charge >= 0.3 is 6.09 Å². The fourth-order valence-corrected chi connectivity index (χ4v) is 2.34. The molecule has 22 heavy (non-hydrogen) atoms. The molecule has 1 atom stereocenters. The number of amides is 2. The Bertz CT molecular complexity index is 569. The normalized spacial score (nSPS) is 18.2. The molecule has 0 radical (unpaired) electrons. The fourth-order valence-electron chi connectivity index (χ4n) is 2.34. The first-order valence-electron chi connectivity index (χ1n) is 7.29. The molecule has 120 valence electrons. The van der Waals surface area contributed by atoms with Gasteiger partial charge in [-0.3, -0.25) is 4.79 Å². The second kappa shape index (κ2) is 6.34. The molecule has 0 aliphatic carbocycles. The van der Waals surface area contributed by atoms with Crippen LogP contribution in [0.2, 0.25) is 0 Å². The third-order valence-corrected chi connectivity index (χ3v) is 3.30. The van der Waals surface area contributed by atoms with E-state index >= 15 is 0 Å². The molecular formula is C16H21FN2O3. The molecule has 1 N–H and O–H groups in total. The first-order chi connectivity index (χ1) is 10.3. The Morgan fingerprint density at radius 3 is 2.64 bits per heavy atom. The Kier molecular flexibility index (Phi) is 4.68. The van der Waals surface area contributed by atoms with E-state index in [0.29, 0.717) is 19.5 Å². The molecule has 1 saturated heterocycles. The zero-order valence-electron chi connectivity index (χ0n) is 13.1. The van der Waals surface area contributed by atoms with Gasteiger partial charge in [-0.2, -0.15) is 0 Å². The van der Waals surface area contributed by atoms with Gasteiger partial charge in [0.05, 0.1) is 11.6 Å². The topological polar surface area (TPSA) is 58.6 Å². The van der Waals surface area contributed by atoms with E-state index < -0.39 is 17.5 Å². The van der Waals surface area contributed by atoms with Gasteiger partial charge in [0, 0.05) is 13.1 Å². The van der Waals surface area contributed by atoms with Crippen molar-refractivity contribution in [3.8, 4) is 0 Å². The van der Waals surface area contributed by atoms with Crippen LogP contribution >= 0.6 is 0 Å². The summed E-state index contributed by atoms with van der Waals surface area (Å²) in [5.74, 6) is -0.886. The number of likely N-dealkylation sites (tertiary alicyclic amines) is 1. The number of benzene rings is 1. The van der Waals surface area contributed by atoms with Crippen LogP contribution in [0.4, 0.5) is 9.18 Å². The van der Waals surface area contributed by atoms with E-state index in [2.05, 4.69) is 5.32 Å².